The lowest BCUT2D eigenvalue weighted by Crippen LogP contribution is -2.49. The minimum atomic E-state index is 0.0419. The van der Waals surface area contributed by atoms with Gasteiger partial charge in [-0.1, -0.05) is 28.9 Å². The summed E-state index contributed by atoms with van der Waals surface area (Å²) in [6, 6.07) is 6.03. The molecule has 1 aromatic rings. The van der Waals surface area contributed by atoms with Crippen LogP contribution in [0.4, 0.5) is 0 Å². The second-order valence-corrected chi connectivity index (χ2v) is 6.37. The van der Waals surface area contributed by atoms with E-state index in [9.17, 15) is 4.79 Å². The van der Waals surface area contributed by atoms with E-state index >= 15 is 0 Å². The molecule has 1 heterocycles. The molecule has 104 valence electrons. The van der Waals surface area contributed by atoms with Gasteiger partial charge in [0.15, 0.2) is 0 Å². The molecule has 2 rings (SSSR count). The third-order valence-corrected chi connectivity index (χ3v) is 4.80. The van der Waals surface area contributed by atoms with Crippen molar-refractivity contribution in [2.24, 2.45) is 5.92 Å². The van der Waals surface area contributed by atoms with E-state index in [1.807, 2.05) is 25.1 Å². The average molecular weight is 325 g/mol. The van der Waals surface area contributed by atoms with Gasteiger partial charge in [0, 0.05) is 22.6 Å². The molecule has 0 saturated carbocycles. The highest BCUT2D eigenvalue weighted by Crippen LogP contribution is 2.21. The van der Waals surface area contributed by atoms with Gasteiger partial charge in [-0.25, -0.2) is 0 Å². The highest BCUT2D eigenvalue weighted by molar-refractivity contribution is 9.10. The van der Waals surface area contributed by atoms with Crippen LogP contribution >= 0.6 is 15.9 Å². The number of carbonyl (C=O) groups is 1. The first-order valence-corrected chi connectivity index (χ1v) is 7.53. The van der Waals surface area contributed by atoms with Crippen LogP contribution in [0.2, 0.25) is 0 Å². The zero-order chi connectivity index (χ0) is 14.0. The summed E-state index contributed by atoms with van der Waals surface area (Å²) < 4.78 is 0.983. The minimum Gasteiger partial charge on any atom is -0.349 e. The quantitative estimate of drug-likeness (QED) is 0.907. The Kier molecular flexibility index (Phi) is 4.63. The number of amides is 1. The third kappa shape index (κ3) is 3.37. The van der Waals surface area contributed by atoms with E-state index in [2.05, 4.69) is 40.1 Å². The molecule has 1 N–H and O–H groups in total. The normalized spacial score (nSPS) is 24.2. The molecular weight excluding hydrogens is 304 g/mol. The molecule has 1 saturated heterocycles. The Hall–Kier alpha value is -0.870. The number of likely N-dealkylation sites (tertiary alicyclic amines) is 1. The number of hydrogen-bond acceptors (Lipinski definition) is 2. The van der Waals surface area contributed by atoms with Crippen LogP contribution in [-0.4, -0.2) is 37.0 Å². The third-order valence-electron chi connectivity index (χ3n) is 3.94. The Morgan fingerprint density at radius 3 is 2.89 bits per heavy atom. The van der Waals surface area contributed by atoms with Crippen molar-refractivity contribution in [2.45, 2.75) is 26.3 Å². The first kappa shape index (κ1) is 14.5. The van der Waals surface area contributed by atoms with Gasteiger partial charge in [0.05, 0.1) is 0 Å². The summed E-state index contributed by atoms with van der Waals surface area (Å²) in [5.41, 5.74) is 1.76. The van der Waals surface area contributed by atoms with Crippen LogP contribution in [-0.2, 0) is 0 Å². The molecule has 1 amide bonds. The lowest BCUT2D eigenvalue weighted by Gasteiger charge is -2.35. The lowest BCUT2D eigenvalue weighted by molar-refractivity contribution is 0.0883. The maximum atomic E-state index is 12.4. The van der Waals surface area contributed by atoms with Gasteiger partial charge in [0.2, 0.25) is 0 Å². The van der Waals surface area contributed by atoms with E-state index in [4.69, 9.17) is 0 Å². The maximum absolute atomic E-state index is 12.4. The molecule has 4 heteroatoms. The van der Waals surface area contributed by atoms with Crippen molar-refractivity contribution in [3.05, 3.63) is 33.8 Å². The van der Waals surface area contributed by atoms with Crippen molar-refractivity contribution in [1.82, 2.24) is 10.2 Å². The summed E-state index contributed by atoms with van der Waals surface area (Å²) in [7, 11) is 2.13. The fourth-order valence-corrected chi connectivity index (χ4v) is 3.03. The molecule has 0 bridgehead atoms. The number of carbonyl (C=O) groups excluding carboxylic acids is 1. The first-order chi connectivity index (χ1) is 8.99. The molecule has 3 nitrogen and oxygen atoms in total. The standard InChI is InChI=1S/C15H21BrN2O/c1-10-9-18(3)8-7-14(10)17-15(19)12-5-4-6-13(16)11(12)2/h4-6,10,14H,7-9H2,1-3H3,(H,17,19). The zero-order valence-corrected chi connectivity index (χ0v) is 13.3. The van der Waals surface area contributed by atoms with Crippen molar-refractivity contribution in [1.29, 1.82) is 0 Å². The van der Waals surface area contributed by atoms with Gasteiger partial charge in [0.25, 0.3) is 5.91 Å². The zero-order valence-electron chi connectivity index (χ0n) is 11.7. The molecule has 2 unspecified atom stereocenters. The second kappa shape index (κ2) is 6.06. The highest BCUT2D eigenvalue weighted by Gasteiger charge is 2.26. The van der Waals surface area contributed by atoms with Crippen LogP contribution in [0.5, 0.6) is 0 Å². The largest absolute Gasteiger partial charge is 0.349 e. The number of rotatable bonds is 2. The van der Waals surface area contributed by atoms with Crippen molar-refractivity contribution in [3.8, 4) is 0 Å². The van der Waals surface area contributed by atoms with Crippen molar-refractivity contribution in [3.63, 3.8) is 0 Å². The van der Waals surface area contributed by atoms with Crippen LogP contribution in [0.3, 0.4) is 0 Å². The molecule has 1 aliphatic heterocycles. The molecule has 0 aromatic heterocycles. The molecule has 1 aromatic carbocycles. The monoisotopic (exact) mass is 324 g/mol. The van der Waals surface area contributed by atoms with E-state index in [1.54, 1.807) is 0 Å². The molecule has 0 aliphatic carbocycles. The van der Waals surface area contributed by atoms with Crippen molar-refractivity contribution >= 4 is 21.8 Å². The SMILES string of the molecule is Cc1c(Br)cccc1C(=O)NC1CCN(C)CC1C. The Labute approximate surface area is 123 Å². The summed E-state index contributed by atoms with van der Waals surface area (Å²) >= 11 is 3.47. The summed E-state index contributed by atoms with van der Waals surface area (Å²) in [5, 5.41) is 3.19. The Balaban J connectivity index is 2.07. The number of benzene rings is 1. The highest BCUT2D eigenvalue weighted by atomic mass is 79.9. The van der Waals surface area contributed by atoms with Crippen molar-refractivity contribution in [2.75, 3.05) is 20.1 Å². The fourth-order valence-electron chi connectivity index (χ4n) is 2.67. The van der Waals surface area contributed by atoms with Crippen LogP contribution in [0.25, 0.3) is 0 Å². The molecule has 1 fully saturated rings. The van der Waals surface area contributed by atoms with Crippen LogP contribution in [0, 0.1) is 12.8 Å². The van der Waals surface area contributed by atoms with Gasteiger partial charge >= 0.3 is 0 Å². The van der Waals surface area contributed by atoms with E-state index in [0.717, 1.165) is 35.1 Å². The Morgan fingerprint density at radius 1 is 1.47 bits per heavy atom. The average Bonchev–Trinajstić information content (AvgIpc) is 2.36. The van der Waals surface area contributed by atoms with Gasteiger partial charge in [0.1, 0.15) is 0 Å². The van der Waals surface area contributed by atoms with Crippen LogP contribution in [0.1, 0.15) is 29.3 Å². The van der Waals surface area contributed by atoms with Gasteiger partial charge in [-0.2, -0.15) is 0 Å². The van der Waals surface area contributed by atoms with Crippen LogP contribution < -0.4 is 5.32 Å². The first-order valence-electron chi connectivity index (χ1n) is 6.73. The van der Waals surface area contributed by atoms with Gasteiger partial charge in [-0.3, -0.25) is 4.79 Å². The molecule has 19 heavy (non-hydrogen) atoms. The number of halogens is 1. The summed E-state index contributed by atoms with van der Waals surface area (Å²) in [5.74, 6) is 0.537. The minimum absolute atomic E-state index is 0.0419. The number of hydrogen-bond donors (Lipinski definition) is 1. The molecule has 1 aliphatic rings. The van der Waals surface area contributed by atoms with Crippen molar-refractivity contribution < 1.29 is 4.79 Å². The number of nitrogens with zero attached hydrogens (tertiary/aromatic N) is 1. The summed E-state index contributed by atoms with van der Waals surface area (Å²) in [6.45, 7) is 6.26. The Morgan fingerprint density at radius 2 is 2.21 bits per heavy atom. The number of nitrogens with one attached hydrogen (secondary N) is 1. The maximum Gasteiger partial charge on any atom is 0.251 e. The predicted octanol–water partition coefficient (Wildman–Crippen LogP) is 2.83. The van der Waals surface area contributed by atoms with Gasteiger partial charge in [-0.05, 0) is 50.6 Å². The molecule has 0 spiro atoms. The Bertz CT molecular complexity index is 475. The van der Waals surface area contributed by atoms with E-state index in [0.29, 0.717) is 5.92 Å². The van der Waals surface area contributed by atoms with E-state index < -0.39 is 0 Å². The van der Waals surface area contributed by atoms with E-state index in [-0.39, 0.29) is 11.9 Å². The molecular formula is C15H21BrN2O. The van der Waals surface area contributed by atoms with Gasteiger partial charge in [-0.15, -0.1) is 0 Å². The lowest BCUT2D eigenvalue weighted by atomic mass is 9.93. The summed E-state index contributed by atoms with van der Waals surface area (Å²) in [4.78, 5) is 14.7. The fraction of sp³-hybridized carbons (Fsp3) is 0.533. The smallest absolute Gasteiger partial charge is 0.251 e. The predicted molar refractivity (Wildman–Crippen MR) is 81.4 cm³/mol. The second-order valence-electron chi connectivity index (χ2n) is 5.52. The molecule has 2 atom stereocenters. The van der Waals surface area contributed by atoms with Crippen LogP contribution in [0.15, 0.2) is 22.7 Å². The summed E-state index contributed by atoms with van der Waals surface area (Å²) in [6.07, 6.45) is 1.02. The van der Waals surface area contributed by atoms with E-state index in [1.165, 1.54) is 0 Å². The molecule has 0 radical (unpaired) electrons. The number of piperidine rings is 1. The topological polar surface area (TPSA) is 32.3 Å². The van der Waals surface area contributed by atoms with Gasteiger partial charge < -0.3 is 10.2 Å².